The second kappa shape index (κ2) is 5.24. The van der Waals surface area contributed by atoms with Crippen molar-refractivity contribution < 1.29 is 13.5 Å². The van der Waals surface area contributed by atoms with Gasteiger partial charge >= 0.3 is 0 Å². The fourth-order valence-corrected chi connectivity index (χ4v) is 1.77. The van der Waals surface area contributed by atoms with Gasteiger partial charge in [0.1, 0.15) is 23.5 Å². The van der Waals surface area contributed by atoms with Gasteiger partial charge in [0.2, 0.25) is 0 Å². The fraction of sp³-hybridized carbons (Fsp3) is 0. The molecule has 96 valence electrons. The fourth-order valence-electron chi connectivity index (χ4n) is 1.41. The Morgan fingerprint density at radius 1 is 1.16 bits per heavy atom. The topological polar surface area (TPSA) is 59.0 Å². The first-order valence-corrected chi connectivity index (χ1v) is 5.92. The van der Waals surface area contributed by atoms with Crippen molar-refractivity contribution in [3.05, 3.63) is 52.0 Å². The van der Waals surface area contributed by atoms with Crippen LogP contribution in [0.15, 0.2) is 34.8 Å². The van der Waals surface area contributed by atoms with Crippen LogP contribution in [0, 0.1) is 23.0 Å². The Hall–Kier alpha value is -2.13. The highest BCUT2D eigenvalue weighted by Crippen LogP contribution is 2.32. The number of benzene rings is 2. The van der Waals surface area contributed by atoms with E-state index in [2.05, 4.69) is 15.9 Å². The Balaban J connectivity index is 2.34. The molecule has 3 nitrogen and oxygen atoms in total. The molecule has 0 heterocycles. The minimum Gasteiger partial charge on any atom is -0.455 e. The van der Waals surface area contributed by atoms with Crippen LogP contribution < -0.4 is 10.5 Å². The first kappa shape index (κ1) is 13.3. The van der Waals surface area contributed by atoms with E-state index in [-0.39, 0.29) is 27.2 Å². The van der Waals surface area contributed by atoms with Crippen LogP contribution in [0.2, 0.25) is 0 Å². The SMILES string of the molecule is N#Cc1ccc(Oc2cc(F)c(Br)cc2N)cc1F. The first-order chi connectivity index (χ1) is 9.01. The van der Waals surface area contributed by atoms with Gasteiger partial charge in [0.05, 0.1) is 15.7 Å². The van der Waals surface area contributed by atoms with E-state index in [9.17, 15) is 8.78 Å². The van der Waals surface area contributed by atoms with Crippen molar-refractivity contribution in [3.8, 4) is 17.6 Å². The van der Waals surface area contributed by atoms with Gasteiger partial charge in [-0.1, -0.05) is 0 Å². The minimum atomic E-state index is -0.712. The highest BCUT2D eigenvalue weighted by Gasteiger charge is 2.10. The van der Waals surface area contributed by atoms with Gasteiger partial charge in [0, 0.05) is 12.1 Å². The summed E-state index contributed by atoms with van der Waals surface area (Å²) in [4.78, 5) is 0. The maximum absolute atomic E-state index is 13.4. The molecular formula is C13H7BrF2N2O. The number of nitrogens with zero attached hydrogens (tertiary/aromatic N) is 1. The largest absolute Gasteiger partial charge is 0.455 e. The summed E-state index contributed by atoms with van der Waals surface area (Å²) in [7, 11) is 0. The molecule has 0 saturated carbocycles. The number of nitriles is 1. The predicted octanol–water partition coefficient (Wildman–Crippen LogP) is 3.97. The van der Waals surface area contributed by atoms with Gasteiger partial charge < -0.3 is 10.5 Å². The lowest BCUT2D eigenvalue weighted by atomic mass is 10.2. The number of ether oxygens (including phenoxy) is 1. The summed E-state index contributed by atoms with van der Waals surface area (Å²) in [5, 5.41) is 8.60. The van der Waals surface area contributed by atoms with Gasteiger partial charge in [0.15, 0.2) is 5.75 Å². The van der Waals surface area contributed by atoms with Crippen LogP contribution in [0.4, 0.5) is 14.5 Å². The third-order valence-corrected chi connectivity index (χ3v) is 2.95. The number of hydrogen-bond acceptors (Lipinski definition) is 3. The lowest BCUT2D eigenvalue weighted by Gasteiger charge is -2.09. The number of anilines is 1. The molecule has 0 saturated heterocycles. The summed E-state index contributed by atoms with van der Waals surface area (Å²) in [5.41, 5.74) is 5.78. The molecule has 2 aromatic rings. The van der Waals surface area contributed by atoms with E-state index in [0.29, 0.717) is 0 Å². The number of nitrogens with two attached hydrogens (primary N) is 1. The van der Waals surface area contributed by atoms with Crippen LogP contribution in [0.25, 0.3) is 0 Å². The lowest BCUT2D eigenvalue weighted by Crippen LogP contribution is -1.95. The Kier molecular flexibility index (Phi) is 3.67. The second-order valence-corrected chi connectivity index (χ2v) is 4.51. The molecule has 2 rings (SSSR count). The van der Waals surface area contributed by atoms with Crippen molar-refractivity contribution >= 4 is 21.6 Å². The number of rotatable bonds is 2. The third-order valence-electron chi connectivity index (χ3n) is 2.34. The molecular weight excluding hydrogens is 318 g/mol. The molecule has 0 aliphatic rings. The average molecular weight is 325 g/mol. The summed E-state index contributed by atoms with van der Waals surface area (Å²) < 4.78 is 32.2. The summed E-state index contributed by atoms with van der Waals surface area (Å²) in [5.74, 6) is -1.05. The minimum absolute atomic E-state index is 0.0739. The molecule has 6 heteroatoms. The van der Waals surface area contributed by atoms with Crippen molar-refractivity contribution in [2.45, 2.75) is 0 Å². The zero-order valence-corrected chi connectivity index (χ0v) is 11.0. The average Bonchev–Trinajstić information content (AvgIpc) is 2.36. The smallest absolute Gasteiger partial charge is 0.153 e. The zero-order chi connectivity index (χ0) is 14.0. The van der Waals surface area contributed by atoms with E-state index in [0.717, 1.165) is 12.1 Å². The molecule has 0 unspecified atom stereocenters. The molecule has 0 aliphatic heterocycles. The van der Waals surface area contributed by atoms with E-state index in [4.69, 9.17) is 15.7 Å². The molecule has 2 aromatic carbocycles. The third kappa shape index (κ3) is 2.83. The Bertz CT molecular complexity index is 683. The van der Waals surface area contributed by atoms with Crippen LogP contribution in [0.1, 0.15) is 5.56 Å². The van der Waals surface area contributed by atoms with Crippen molar-refractivity contribution in [1.29, 1.82) is 5.26 Å². The van der Waals surface area contributed by atoms with E-state index in [1.807, 2.05) is 0 Å². The van der Waals surface area contributed by atoms with Crippen LogP contribution in [0.5, 0.6) is 11.5 Å². The van der Waals surface area contributed by atoms with Gasteiger partial charge in [-0.05, 0) is 34.1 Å². The van der Waals surface area contributed by atoms with Crippen LogP contribution in [-0.4, -0.2) is 0 Å². The Morgan fingerprint density at radius 3 is 2.53 bits per heavy atom. The molecule has 0 radical (unpaired) electrons. The summed E-state index contributed by atoms with van der Waals surface area (Å²) in [6, 6.07) is 7.85. The van der Waals surface area contributed by atoms with E-state index >= 15 is 0 Å². The van der Waals surface area contributed by atoms with E-state index < -0.39 is 11.6 Å². The Labute approximate surface area is 116 Å². The van der Waals surface area contributed by atoms with Gasteiger partial charge in [-0.2, -0.15) is 5.26 Å². The van der Waals surface area contributed by atoms with Crippen molar-refractivity contribution in [2.75, 3.05) is 5.73 Å². The number of nitrogen functional groups attached to an aromatic ring is 1. The van der Waals surface area contributed by atoms with E-state index in [1.165, 1.54) is 18.2 Å². The molecule has 0 amide bonds. The monoisotopic (exact) mass is 324 g/mol. The van der Waals surface area contributed by atoms with E-state index in [1.54, 1.807) is 6.07 Å². The number of hydrogen-bond donors (Lipinski definition) is 1. The van der Waals surface area contributed by atoms with Gasteiger partial charge in [-0.25, -0.2) is 8.78 Å². The standard InChI is InChI=1S/C13H7BrF2N2O/c14-9-4-12(18)13(5-11(9)16)19-8-2-1-7(6-17)10(15)3-8/h1-5H,18H2. The molecule has 0 aromatic heterocycles. The van der Waals surface area contributed by atoms with Crippen molar-refractivity contribution in [1.82, 2.24) is 0 Å². The predicted molar refractivity (Wildman–Crippen MR) is 69.7 cm³/mol. The summed E-state index contributed by atoms with van der Waals surface area (Å²) >= 11 is 2.99. The molecule has 0 fully saturated rings. The van der Waals surface area contributed by atoms with Crippen LogP contribution in [0.3, 0.4) is 0 Å². The molecule has 2 N–H and O–H groups in total. The van der Waals surface area contributed by atoms with Crippen LogP contribution >= 0.6 is 15.9 Å². The van der Waals surface area contributed by atoms with Gasteiger partial charge in [-0.3, -0.25) is 0 Å². The number of halogens is 3. The van der Waals surface area contributed by atoms with Crippen molar-refractivity contribution in [3.63, 3.8) is 0 Å². The molecule has 0 aliphatic carbocycles. The maximum atomic E-state index is 13.4. The molecule has 0 bridgehead atoms. The van der Waals surface area contributed by atoms with Crippen LogP contribution in [-0.2, 0) is 0 Å². The van der Waals surface area contributed by atoms with Gasteiger partial charge in [0.25, 0.3) is 0 Å². The summed E-state index contributed by atoms with van der Waals surface area (Å²) in [6.07, 6.45) is 0. The zero-order valence-electron chi connectivity index (χ0n) is 9.45. The van der Waals surface area contributed by atoms with Gasteiger partial charge in [-0.15, -0.1) is 0 Å². The lowest BCUT2D eigenvalue weighted by molar-refractivity contribution is 0.473. The quantitative estimate of drug-likeness (QED) is 0.850. The Morgan fingerprint density at radius 2 is 1.89 bits per heavy atom. The summed E-state index contributed by atoms with van der Waals surface area (Å²) in [6.45, 7) is 0. The molecule has 19 heavy (non-hydrogen) atoms. The molecule has 0 atom stereocenters. The second-order valence-electron chi connectivity index (χ2n) is 3.66. The highest BCUT2D eigenvalue weighted by atomic mass is 79.9. The van der Waals surface area contributed by atoms with Crippen molar-refractivity contribution in [2.24, 2.45) is 0 Å². The highest BCUT2D eigenvalue weighted by molar-refractivity contribution is 9.10. The maximum Gasteiger partial charge on any atom is 0.153 e. The normalized spacial score (nSPS) is 10.0. The first-order valence-electron chi connectivity index (χ1n) is 5.13. The molecule has 0 spiro atoms.